The zero-order valence-electron chi connectivity index (χ0n) is 7.05. The molecule has 0 aromatic heterocycles. The van der Waals surface area contributed by atoms with Crippen molar-refractivity contribution in [1.29, 1.82) is 5.26 Å². The maximum atomic E-state index is 12.9. The number of carbonyl (C=O) groups excluding carboxylic acids is 1. The van der Waals surface area contributed by atoms with Gasteiger partial charge in [-0.25, -0.2) is 8.78 Å². The summed E-state index contributed by atoms with van der Waals surface area (Å²) in [6.07, 6.45) is -0.364. The Kier molecular flexibility index (Phi) is 3.13. The highest BCUT2D eigenvalue weighted by Gasteiger charge is 2.06. The van der Waals surface area contributed by atoms with Gasteiger partial charge in [0.1, 0.15) is 18.1 Å². The van der Waals surface area contributed by atoms with Crippen molar-refractivity contribution in [3.8, 4) is 6.07 Å². The van der Waals surface area contributed by atoms with E-state index in [1.807, 2.05) is 0 Å². The summed E-state index contributed by atoms with van der Waals surface area (Å²) in [5.74, 6) is -2.21. The quantitative estimate of drug-likeness (QED) is 0.784. The van der Waals surface area contributed by atoms with Crippen molar-refractivity contribution in [3.05, 3.63) is 29.8 Å². The fourth-order valence-electron chi connectivity index (χ4n) is 0.857. The molecule has 0 aliphatic heterocycles. The van der Waals surface area contributed by atoms with Gasteiger partial charge in [-0.1, -0.05) is 0 Å². The summed E-state index contributed by atoms with van der Waals surface area (Å²) in [6.45, 7) is 0. The minimum Gasteiger partial charge on any atom is -0.323 e. The Balaban J connectivity index is 2.78. The summed E-state index contributed by atoms with van der Waals surface area (Å²) in [4.78, 5) is 10.9. The van der Waals surface area contributed by atoms with Crippen LogP contribution >= 0.6 is 0 Å². The van der Waals surface area contributed by atoms with Crippen LogP contribution in [0.25, 0.3) is 0 Å². The zero-order chi connectivity index (χ0) is 10.6. The Labute approximate surface area is 79.0 Å². The van der Waals surface area contributed by atoms with Gasteiger partial charge in [-0.2, -0.15) is 5.26 Å². The Bertz CT molecular complexity index is 398. The van der Waals surface area contributed by atoms with Gasteiger partial charge in [0.15, 0.2) is 0 Å². The first-order valence-corrected chi connectivity index (χ1v) is 3.75. The number of hydrogen-bond acceptors (Lipinski definition) is 2. The summed E-state index contributed by atoms with van der Waals surface area (Å²) in [7, 11) is 0. The molecule has 3 nitrogen and oxygen atoms in total. The highest BCUT2D eigenvalue weighted by molar-refractivity contribution is 5.92. The van der Waals surface area contributed by atoms with Crippen LogP contribution in [0.4, 0.5) is 14.5 Å². The maximum Gasteiger partial charge on any atom is 0.238 e. The lowest BCUT2D eigenvalue weighted by Gasteiger charge is -2.03. The second-order valence-electron chi connectivity index (χ2n) is 2.51. The number of benzene rings is 1. The molecule has 14 heavy (non-hydrogen) atoms. The lowest BCUT2D eigenvalue weighted by Crippen LogP contribution is -2.11. The Morgan fingerprint density at radius 1 is 1.50 bits per heavy atom. The van der Waals surface area contributed by atoms with E-state index < -0.39 is 17.5 Å². The Morgan fingerprint density at radius 2 is 2.21 bits per heavy atom. The first-order valence-electron chi connectivity index (χ1n) is 3.75. The molecule has 0 unspecified atom stereocenters. The van der Waals surface area contributed by atoms with Crippen molar-refractivity contribution in [2.75, 3.05) is 5.32 Å². The van der Waals surface area contributed by atoms with Crippen molar-refractivity contribution in [1.82, 2.24) is 0 Å². The van der Waals surface area contributed by atoms with Crippen LogP contribution in [-0.2, 0) is 4.79 Å². The van der Waals surface area contributed by atoms with Gasteiger partial charge in [0.05, 0.1) is 11.8 Å². The Morgan fingerprint density at radius 3 is 2.79 bits per heavy atom. The van der Waals surface area contributed by atoms with Crippen molar-refractivity contribution in [2.45, 2.75) is 6.42 Å². The number of nitrogens with zero attached hydrogens (tertiary/aromatic N) is 1. The van der Waals surface area contributed by atoms with Gasteiger partial charge in [-0.3, -0.25) is 4.79 Å². The minimum absolute atomic E-state index is 0.133. The summed E-state index contributed by atoms with van der Waals surface area (Å²) in [6, 6.07) is 4.38. The smallest absolute Gasteiger partial charge is 0.238 e. The van der Waals surface area contributed by atoms with E-state index in [9.17, 15) is 13.6 Å². The van der Waals surface area contributed by atoms with Gasteiger partial charge in [-0.05, 0) is 12.1 Å². The third-order valence-electron chi connectivity index (χ3n) is 1.44. The molecule has 0 saturated carbocycles. The van der Waals surface area contributed by atoms with E-state index in [2.05, 4.69) is 5.32 Å². The fourth-order valence-corrected chi connectivity index (χ4v) is 0.857. The van der Waals surface area contributed by atoms with Crippen molar-refractivity contribution in [2.24, 2.45) is 0 Å². The average Bonchev–Trinajstić information content (AvgIpc) is 2.10. The molecule has 0 heterocycles. The highest BCUT2D eigenvalue weighted by Crippen LogP contribution is 2.14. The summed E-state index contributed by atoms with van der Waals surface area (Å²) in [5.41, 5.74) is -0.133. The summed E-state index contributed by atoms with van der Waals surface area (Å²) >= 11 is 0. The average molecular weight is 196 g/mol. The molecular formula is C9H6F2N2O. The van der Waals surface area contributed by atoms with Crippen LogP contribution in [0.5, 0.6) is 0 Å². The van der Waals surface area contributed by atoms with E-state index in [0.29, 0.717) is 6.07 Å². The largest absolute Gasteiger partial charge is 0.323 e. The van der Waals surface area contributed by atoms with Crippen molar-refractivity contribution < 1.29 is 13.6 Å². The zero-order valence-corrected chi connectivity index (χ0v) is 7.05. The Hall–Kier alpha value is -1.96. The highest BCUT2D eigenvalue weighted by atomic mass is 19.1. The third kappa shape index (κ3) is 2.52. The molecule has 0 spiro atoms. The molecule has 1 amide bonds. The summed E-state index contributed by atoms with van der Waals surface area (Å²) < 4.78 is 25.3. The molecule has 0 aliphatic carbocycles. The fraction of sp³-hybridized carbons (Fsp3) is 0.111. The number of carbonyl (C=O) groups is 1. The standard InChI is InChI=1S/C9H6F2N2O/c10-6-1-2-8(7(11)5-6)13-9(14)3-4-12/h1-2,5H,3H2,(H,13,14). The number of rotatable bonds is 2. The molecule has 1 rings (SSSR count). The first kappa shape index (κ1) is 10.1. The van der Waals surface area contributed by atoms with E-state index in [-0.39, 0.29) is 12.1 Å². The molecule has 0 fully saturated rings. The maximum absolute atomic E-state index is 12.9. The molecule has 0 saturated heterocycles. The minimum atomic E-state index is -0.865. The first-order chi connectivity index (χ1) is 6.63. The number of anilines is 1. The van der Waals surface area contributed by atoms with Crippen LogP contribution in [0.3, 0.4) is 0 Å². The SMILES string of the molecule is N#CCC(=O)Nc1ccc(F)cc1F. The van der Waals surface area contributed by atoms with Gasteiger partial charge in [0.25, 0.3) is 0 Å². The molecule has 0 atom stereocenters. The predicted molar refractivity (Wildman–Crippen MR) is 45.2 cm³/mol. The third-order valence-corrected chi connectivity index (χ3v) is 1.44. The van der Waals surface area contributed by atoms with Crippen LogP contribution in [0, 0.1) is 23.0 Å². The number of hydrogen-bond donors (Lipinski definition) is 1. The van der Waals surface area contributed by atoms with Crippen LogP contribution in [-0.4, -0.2) is 5.91 Å². The number of nitriles is 1. The van der Waals surface area contributed by atoms with Crippen molar-refractivity contribution in [3.63, 3.8) is 0 Å². The number of halogens is 2. The van der Waals surface area contributed by atoms with Crippen LogP contribution in [0.15, 0.2) is 18.2 Å². The lowest BCUT2D eigenvalue weighted by atomic mass is 10.3. The second-order valence-corrected chi connectivity index (χ2v) is 2.51. The molecule has 1 aromatic rings. The van der Waals surface area contributed by atoms with E-state index >= 15 is 0 Å². The molecule has 1 aromatic carbocycles. The van der Waals surface area contributed by atoms with Crippen LogP contribution in [0.2, 0.25) is 0 Å². The molecule has 1 N–H and O–H groups in total. The molecule has 0 aliphatic rings. The van der Waals surface area contributed by atoms with Gasteiger partial charge in [0.2, 0.25) is 5.91 Å². The number of nitrogens with one attached hydrogen (secondary N) is 1. The number of amides is 1. The topological polar surface area (TPSA) is 52.9 Å². The van der Waals surface area contributed by atoms with E-state index in [0.717, 1.165) is 12.1 Å². The van der Waals surface area contributed by atoms with Crippen LogP contribution < -0.4 is 5.32 Å². The van der Waals surface area contributed by atoms with Crippen LogP contribution in [0.1, 0.15) is 6.42 Å². The van der Waals surface area contributed by atoms with Gasteiger partial charge < -0.3 is 5.32 Å². The van der Waals surface area contributed by atoms with E-state index in [1.54, 1.807) is 6.07 Å². The van der Waals surface area contributed by atoms with Gasteiger partial charge in [0, 0.05) is 6.07 Å². The van der Waals surface area contributed by atoms with E-state index in [1.165, 1.54) is 0 Å². The van der Waals surface area contributed by atoms with Gasteiger partial charge in [-0.15, -0.1) is 0 Å². The molecule has 5 heteroatoms. The predicted octanol–water partition coefficient (Wildman–Crippen LogP) is 1.82. The van der Waals surface area contributed by atoms with Crippen molar-refractivity contribution >= 4 is 11.6 Å². The van der Waals surface area contributed by atoms with Gasteiger partial charge >= 0.3 is 0 Å². The summed E-state index contributed by atoms with van der Waals surface area (Å²) in [5, 5.41) is 10.3. The van der Waals surface area contributed by atoms with E-state index in [4.69, 9.17) is 5.26 Å². The molecule has 72 valence electrons. The monoisotopic (exact) mass is 196 g/mol. The molecular weight excluding hydrogens is 190 g/mol. The lowest BCUT2D eigenvalue weighted by molar-refractivity contribution is -0.115. The molecule has 0 radical (unpaired) electrons. The second kappa shape index (κ2) is 4.33. The molecule has 0 bridgehead atoms. The normalized spacial score (nSPS) is 9.21.